The highest BCUT2D eigenvalue weighted by molar-refractivity contribution is 7.99. The average Bonchev–Trinajstić information content (AvgIpc) is 3.24. The summed E-state index contributed by atoms with van der Waals surface area (Å²) >= 11 is 1.30. The molecule has 0 aliphatic heterocycles. The lowest BCUT2D eigenvalue weighted by Crippen LogP contribution is -2.49. The fourth-order valence-electron chi connectivity index (χ4n) is 4.60. The van der Waals surface area contributed by atoms with Crippen LogP contribution in [0.15, 0.2) is 33.9 Å². The molecule has 7 heteroatoms. The van der Waals surface area contributed by atoms with Crippen LogP contribution in [0.25, 0.3) is 11.5 Å². The molecule has 156 valence electrons. The average molecular weight is 418 g/mol. The number of amides is 1. The van der Waals surface area contributed by atoms with Crippen molar-refractivity contribution < 1.29 is 13.6 Å². The molecule has 2 aliphatic carbocycles. The minimum absolute atomic E-state index is 0.190. The number of hydrogen-bond acceptors (Lipinski definition) is 5. The van der Waals surface area contributed by atoms with E-state index in [-0.39, 0.29) is 11.7 Å². The van der Waals surface area contributed by atoms with Gasteiger partial charge in [0.05, 0.1) is 5.75 Å². The fourth-order valence-corrected chi connectivity index (χ4v) is 5.23. The van der Waals surface area contributed by atoms with Crippen LogP contribution >= 0.6 is 11.8 Å². The Bertz CT molecular complexity index is 781. The van der Waals surface area contributed by atoms with Gasteiger partial charge in [-0.05, 0) is 49.9 Å². The summed E-state index contributed by atoms with van der Waals surface area (Å²) in [5.41, 5.74) is 0.670. The molecule has 0 radical (unpaired) electrons. The van der Waals surface area contributed by atoms with E-state index < -0.39 is 0 Å². The van der Waals surface area contributed by atoms with Crippen molar-refractivity contribution in [1.82, 2.24) is 15.1 Å². The molecule has 0 saturated heterocycles. The van der Waals surface area contributed by atoms with Crippen molar-refractivity contribution in [3.63, 3.8) is 0 Å². The number of aromatic nitrogens is 2. The third-order valence-corrected chi connectivity index (χ3v) is 6.84. The molecule has 2 aliphatic rings. The number of nitrogens with zero attached hydrogens (tertiary/aromatic N) is 3. The van der Waals surface area contributed by atoms with E-state index in [0.717, 1.165) is 25.7 Å². The van der Waals surface area contributed by atoms with Crippen molar-refractivity contribution in [3.05, 3.63) is 30.1 Å². The summed E-state index contributed by atoms with van der Waals surface area (Å²) in [7, 11) is 0. The third kappa shape index (κ3) is 5.18. The van der Waals surface area contributed by atoms with Crippen LogP contribution in [0.5, 0.6) is 0 Å². The van der Waals surface area contributed by atoms with Crippen LogP contribution in [-0.2, 0) is 4.79 Å². The van der Waals surface area contributed by atoms with Crippen LogP contribution in [0, 0.1) is 5.82 Å². The monoisotopic (exact) mass is 417 g/mol. The van der Waals surface area contributed by atoms with E-state index in [9.17, 15) is 9.18 Å². The zero-order valence-corrected chi connectivity index (χ0v) is 17.5. The highest BCUT2D eigenvalue weighted by Gasteiger charge is 2.32. The maximum Gasteiger partial charge on any atom is 0.277 e. The maximum atomic E-state index is 13.2. The van der Waals surface area contributed by atoms with Crippen LogP contribution in [0.4, 0.5) is 4.39 Å². The Morgan fingerprint density at radius 1 is 0.966 bits per heavy atom. The molecular formula is C22H28FN3O2S. The summed E-state index contributed by atoms with van der Waals surface area (Å²) in [4.78, 5) is 15.4. The topological polar surface area (TPSA) is 59.2 Å². The molecule has 0 atom stereocenters. The molecule has 2 aromatic rings. The van der Waals surface area contributed by atoms with E-state index in [1.807, 2.05) is 0 Å². The Morgan fingerprint density at radius 2 is 1.55 bits per heavy atom. The first kappa shape index (κ1) is 20.4. The number of thioether (sulfide) groups is 1. The standard InChI is InChI=1S/C22H28FN3O2S/c23-17-13-11-16(12-14-17)21-24-25-22(28-21)29-15-20(27)26(18-7-3-1-4-8-18)19-9-5-2-6-10-19/h11-14,18-19H,1-10,15H2. The van der Waals surface area contributed by atoms with Gasteiger partial charge in [0.25, 0.3) is 5.22 Å². The minimum atomic E-state index is -0.307. The lowest BCUT2D eigenvalue weighted by molar-refractivity contribution is -0.135. The van der Waals surface area contributed by atoms with Crippen molar-refractivity contribution in [2.45, 2.75) is 81.5 Å². The second kappa shape index (κ2) is 9.74. The first-order chi connectivity index (χ1) is 14.2. The Hall–Kier alpha value is -1.89. The van der Waals surface area contributed by atoms with Crippen LogP contribution in [0.1, 0.15) is 64.2 Å². The molecular weight excluding hydrogens is 389 g/mol. The van der Waals surface area contributed by atoms with Gasteiger partial charge in [0, 0.05) is 17.6 Å². The molecule has 0 bridgehead atoms. The fraction of sp³-hybridized carbons (Fsp3) is 0.591. The molecule has 0 unspecified atom stereocenters. The first-order valence-corrected chi connectivity index (χ1v) is 11.7. The van der Waals surface area contributed by atoms with Gasteiger partial charge in [-0.3, -0.25) is 4.79 Å². The Morgan fingerprint density at radius 3 is 2.14 bits per heavy atom. The molecule has 1 heterocycles. The number of benzene rings is 1. The quantitative estimate of drug-likeness (QED) is 0.584. The van der Waals surface area contributed by atoms with E-state index in [1.165, 1.54) is 62.4 Å². The summed E-state index contributed by atoms with van der Waals surface area (Å²) in [6.07, 6.45) is 12.0. The van der Waals surface area contributed by atoms with Crippen LogP contribution in [-0.4, -0.2) is 38.8 Å². The summed E-state index contributed by atoms with van der Waals surface area (Å²) in [6, 6.07) is 6.71. The van der Waals surface area contributed by atoms with Gasteiger partial charge in [-0.2, -0.15) is 0 Å². The maximum absolute atomic E-state index is 13.2. The highest BCUT2D eigenvalue weighted by atomic mass is 32.2. The van der Waals surface area contributed by atoms with Gasteiger partial charge in [-0.15, -0.1) is 10.2 Å². The summed E-state index contributed by atoms with van der Waals surface area (Å²) < 4.78 is 18.8. The van der Waals surface area contributed by atoms with Gasteiger partial charge in [0.1, 0.15) is 5.82 Å². The molecule has 1 amide bonds. The molecule has 2 saturated carbocycles. The van der Waals surface area contributed by atoms with Gasteiger partial charge >= 0.3 is 0 Å². The number of halogens is 1. The summed E-state index contributed by atoms with van der Waals surface area (Å²) in [5, 5.41) is 8.47. The van der Waals surface area contributed by atoms with Gasteiger partial charge < -0.3 is 9.32 Å². The molecule has 4 rings (SSSR count). The third-order valence-electron chi connectivity index (χ3n) is 6.04. The second-order valence-electron chi connectivity index (χ2n) is 8.05. The number of rotatable bonds is 6. The molecule has 1 aromatic carbocycles. The lowest BCUT2D eigenvalue weighted by atomic mass is 9.88. The number of carbonyl (C=O) groups excluding carboxylic acids is 1. The Kier molecular flexibility index (Phi) is 6.85. The first-order valence-electron chi connectivity index (χ1n) is 10.7. The zero-order chi connectivity index (χ0) is 20.1. The van der Waals surface area contributed by atoms with E-state index in [2.05, 4.69) is 15.1 Å². The molecule has 29 heavy (non-hydrogen) atoms. The number of hydrogen-bond donors (Lipinski definition) is 0. The predicted molar refractivity (Wildman–Crippen MR) is 111 cm³/mol. The van der Waals surface area contributed by atoms with Crippen molar-refractivity contribution >= 4 is 17.7 Å². The Balaban J connectivity index is 1.40. The van der Waals surface area contributed by atoms with Gasteiger partial charge in [0.2, 0.25) is 11.8 Å². The lowest BCUT2D eigenvalue weighted by Gasteiger charge is -2.41. The van der Waals surface area contributed by atoms with Gasteiger partial charge in [0.15, 0.2) is 0 Å². The molecule has 2 fully saturated rings. The number of carbonyl (C=O) groups is 1. The van der Waals surface area contributed by atoms with E-state index in [1.54, 1.807) is 12.1 Å². The molecule has 1 aromatic heterocycles. The van der Waals surface area contributed by atoms with Crippen LogP contribution in [0.2, 0.25) is 0 Å². The van der Waals surface area contributed by atoms with Crippen LogP contribution in [0.3, 0.4) is 0 Å². The summed E-state index contributed by atoms with van der Waals surface area (Å²) in [6.45, 7) is 0. The smallest absolute Gasteiger partial charge is 0.277 e. The van der Waals surface area contributed by atoms with Crippen molar-refractivity contribution in [3.8, 4) is 11.5 Å². The highest BCUT2D eigenvalue weighted by Crippen LogP contribution is 2.31. The Labute approximate surface area is 175 Å². The van der Waals surface area contributed by atoms with Gasteiger partial charge in [-0.25, -0.2) is 4.39 Å². The molecule has 0 N–H and O–H groups in total. The van der Waals surface area contributed by atoms with E-state index >= 15 is 0 Å². The molecule has 0 spiro atoms. The second-order valence-corrected chi connectivity index (χ2v) is 8.98. The largest absolute Gasteiger partial charge is 0.411 e. The normalized spacial score (nSPS) is 18.7. The molecule has 5 nitrogen and oxygen atoms in total. The van der Waals surface area contributed by atoms with Gasteiger partial charge in [-0.1, -0.05) is 50.3 Å². The van der Waals surface area contributed by atoms with Crippen LogP contribution < -0.4 is 0 Å². The predicted octanol–water partition coefficient (Wildman–Crippen LogP) is 5.46. The zero-order valence-electron chi connectivity index (χ0n) is 16.7. The van der Waals surface area contributed by atoms with Crippen molar-refractivity contribution in [2.24, 2.45) is 0 Å². The SMILES string of the molecule is O=C(CSc1nnc(-c2ccc(F)cc2)o1)N(C1CCCCC1)C1CCCCC1. The van der Waals surface area contributed by atoms with E-state index in [4.69, 9.17) is 4.42 Å². The van der Waals surface area contributed by atoms with E-state index in [0.29, 0.717) is 34.5 Å². The summed E-state index contributed by atoms with van der Waals surface area (Å²) in [5.74, 6) is 0.545. The van der Waals surface area contributed by atoms with Crippen molar-refractivity contribution in [2.75, 3.05) is 5.75 Å². The minimum Gasteiger partial charge on any atom is -0.411 e. The van der Waals surface area contributed by atoms with Crippen molar-refractivity contribution in [1.29, 1.82) is 0 Å².